The van der Waals surface area contributed by atoms with Crippen LogP contribution in [0.15, 0.2) is 68.3 Å². The van der Waals surface area contributed by atoms with Gasteiger partial charge in [-0.1, -0.05) is 30.3 Å². The summed E-state index contributed by atoms with van der Waals surface area (Å²) in [6.45, 7) is 0. The number of hydrogen-bond acceptors (Lipinski definition) is 7. The number of carbonyl (C=O) groups excluding carboxylic acids is 2. The normalized spacial score (nSPS) is 15.7. The van der Waals surface area contributed by atoms with Crippen molar-refractivity contribution >= 4 is 40.8 Å². The zero-order chi connectivity index (χ0) is 19.0. The number of nitro groups is 1. The first kappa shape index (κ1) is 16.9. The highest BCUT2D eigenvalue weighted by Crippen LogP contribution is 2.38. The third-order valence-corrected chi connectivity index (χ3v) is 4.60. The molecule has 0 spiro atoms. The van der Waals surface area contributed by atoms with Crippen molar-refractivity contribution in [3.63, 3.8) is 0 Å². The summed E-state index contributed by atoms with van der Waals surface area (Å²) in [5.74, 6) is -0.297. The molecule has 3 aromatic rings. The lowest BCUT2D eigenvalue weighted by atomic mass is 10.2. The van der Waals surface area contributed by atoms with Crippen molar-refractivity contribution in [3.8, 4) is 11.3 Å². The van der Waals surface area contributed by atoms with Crippen LogP contribution in [0.1, 0.15) is 5.76 Å². The molecule has 1 saturated heterocycles. The average molecular weight is 382 g/mol. The third kappa shape index (κ3) is 3.15. The Morgan fingerprint density at radius 3 is 2.48 bits per heavy atom. The SMILES string of the molecule is O=C1S/C(=C\c2ccc([N+](=O)[O-])o2)C(=O)N1c1ccc(-c2ccccc2)o1. The number of amides is 2. The number of anilines is 1. The first-order chi connectivity index (χ1) is 13.0. The minimum absolute atomic E-state index is 0.0851. The van der Waals surface area contributed by atoms with Crippen LogP contribution < -0.4 is 4.90 Å². The standard InChI is InChI=1S/C18H10N2O6S/c21-17-14(10-12-6-8-16(25-12)20(23)24)27-18(22)19(17)15-9-7-13(26-15)11-4-2-1-3-5-11/h1-10H/b14-10-. The van der Waals surface area contributed by atoms with E-state index in [2.05, 4.69) is 0 Å². The van der Waals surface area contributed by atoms with Gasteiger partial charge in [-0.05, 0) is 23.9 Å². The van der Waals surface area contributed by atoms with Crippen LogP contribution in [0.3, 0.4) is 0 Å². The average Bonchev–Trinajstić information content (AvgIpc) is 3.37. The monoisotopic (exact) mass is 382 g/mol. The van der Waals surface area contributed by atoms with Gasteiger partial charge in [0.2, 0.25) is 5.88 Å². The molecule has 1 fully saturated rings. The zero-order valence-electron chi connectivity index (χ0n) is 13.5. The van der Waals surface area contributed by atoms with Gasteiger partial charge in [-0.15, -0.1) is 0 Å². The molecule has 134 valence electrons. The molecule has 0 saturated carbocycles. The van der Waals surface area contributed by atoms with E-state index >= 15 is 0 Å². The Bertz CT molecular complexity index is 1080. The van der Waals surface area contributed by atoms with E-state index in [4.69, 9.17) is 8.83 Å². The van der Waals surface area contributed by atoms with Gasteiger partial charge in [-0.3, -0.25) is 19.7 Å². The molecule has 3 heterocycles. The highest BCUT2D eigenvalue weighted by molar-refractivity contribution is 8.19. The van der Waals surface area contributed by atoms with E-state index in [0.29, 0.717) is 17.5 Å². The van der Waals surface area contributed by atoms with Crippen LogP contribution in [-0.2, 0) is 4.79 Å². The van der Waals surface area contributed by atoms with Gasteiger partial charge in [-0.25, -0.2) is 4.90 Å². The smallest absolute Gasteiger partial charge is 0.433 e. The number of rotatable bonds is 4. The summed E-state index contributed by atoms with van der Waals surface area (Å²) in [5, 5.41) is 10.1. The van der Waals surface area contributed by atoms with Gasteiger partial charge in [0.25, 0.3) is 5.91 Å². The maximum Gasteiger partial charge on any atom is 0.433 e. The Kier molecular flexibility index (Phi) is 4.13. The van der Waals surface area contributed by atoms with Gasteiger partial charge < -0.3 is 8.83 Å². The lowest BCUT2D eigenvalue weighted by Crippen LogP contribution is -2.27. The second-order valence-electron chi connectivity index (χ2n) is 5.45. The number of hydrogen-bond donors (Lipinski definition) is 0. The van der Waals surface area contributed by atoms with Crippen LogP contribution in [-0.4, -0.2) is 16.1 Å². The molecule has 1 aliphatic heterocycles. The summed E-state index contributed by atoms with van der Waals surface area (Å²) in [4.78, 5) is 35.8. The van der Waals surface area contributed by atoms with E-state index in [1.807, 2.05) is 30.3 Å². The lowest BCUT2D eigenvalue weighted by molar-refractivity contribution is -0.402. The fraction of sp³-hybridized carbons (Fsp3) is 0. The van der Waals surface area contributed by atoms with Gasteiger partial charge in [0.15, 0.2) is 0 Å². The number of furan rings is 2. The largest absolute Gasteiger partial charge is 0.440 e. The molecule has 27 heavy (non-hydrogen) atoms. The number of nitrogens with zero attached hydrogens (tertiary/aromatic N) is 2. The van der Waals surface area contributed by atoms with Crippen LogP contribution in [0.4, 0.5) is 16.6 Å². The molecule has 0 atom stereocenters. The molecule has 1 aliphatic rings. The molecule has 2 aromatic heterocycles. The molecule has 0 aliphatic carbocycles. The van der Waals surface area contributed by atoms with Gasteiger partial charge in [0.1, 0.15) is 16.4 Å². The maximum atomic E-state index is 12.6. The topological polar surface area (TPSA) is 107 Å². The Labute approximate surface area is 156 Å². The van der Waals surface area contributed by atoms with Crippen molar-refractivity contribution in [2.75, 3.05) is 4.90 Å². The third-order valence-electron chi connectivity index (χ3n) is 3.73. The molecule has 4 rings (SSSR count). The van der Waals surface area contributed by atoms with Crippen LogP contribution in [0, 0.1) is 10.1 Å². The molecule has 1 aromatic carbocycles. The van der Waals surface area contributed by atoms with Crippen LogP contribution in [0.5, 0.6) is 0 Å². The minimum atomic E-state index is -0.683. The highest BCUT2D eigenvalue weighted by atomic mass is 32.2. The molecule has 9 heteroatoms. The van der Waals surface area contributed by atoms with Gasteiger partial charge >= 0.3 is 11.1 Å². The molecule has 0 N–H and O–H groups in total. The number of benzene rings is 1. The van der Waals surface area contributed by atoms with E-state index in [-0.39, 0.29) is 16.5 Å². The Balaban J connectivity index is 1.61. The lowest BCUT2D eigenvalue weighted by Gasteiger charge is -2.07. The molecule has 8 nitrogen and oxygen atoms in total. The molecular weight excluding hydrogens is 372 g/mol. The van der Waals surface area contributed by atoms with Gasteiger partial charge in [0.05, 0.1) is 11.0 Å². The summed E-state index contributed by atoms with van der Waals surface area (Å²) >= 11 is 0.703. The first-order valence-electron chi connectivity index (χ1n) is 7.70. The van der Waals surface area contributed by atoms with Crippen molar-refractivity contribution in [2.45, 2.75) is 0 Å². The predicted octanol–water partition coefficient (Wildman–Crippen LogP) is 4.69. The zero-order valence-corrected chi connectivity index (χ0v) is 14.3. The van der Waals surface area contributed by atoms with Crippen molar-refractivity contribution in [1.82, 2.24) is 0 Å². The second kappa shape index (κ2) is 6.61. The van der Waals surface area contributed by atoms with Crippen molar-refractivity contribution in [2.24, 2.45) is 0 Å². The fourth-order valence-electron chi connectivity index (χ4n) is 2.51. The van der Waals surface area contributed by atoms with E-state index < -0.39 is 22.0 Å². The molecule has 0 bridgehead atoms. The maximum absolute atomic E-state index is 12.6. The van der Waals surface area contributed by atoms with Crippen molar-refractivity contribution < 1.29 is 23.3 Å². The van der Waals surface area contributed by atoms with Gasteiger partial charge in [-0.2, -0.15) is 0 Å². The minimum Gasteiger partial charge on any atom is -0.440 e. The summed E-state index contributed by atoms with van der Waals surface area (Å²) in [6, 6.07) is 15.0. The van der Waals surface area contributed by atoms with Crippen molar-refractivity contribution in [1.29, 1.82) is 0 Å². The number of thioether (sulfide) groups is 1. The van der Waals surface area contributed by atoms with Crippen LogP contribution >= 0.6 is 11.8 Å². The summed E-state index contributed by atoms with van der Waals surface area (Å²) in [7, 11) is 0. The first-order valence-corrected chi connectivity index (χ1v) is 8.52. The van der Waals surface area contributed by atoms with E-state index in [9.17, 15) is 19.7 Å². The molecule has 0 unspecified atom stereocenters. The van der Waals surface area contributed by atoms with Gasteiger partial charge in [0, 0.05) is 17.7 Å². The Morgan fingerprint density at radius 2 is 1.78 bits per heavy atom. The Morgan fingerprint density at radius 1 is 1.00 bits per heavy atom. The summed E-state index contributed by atoms with van der Waals surface area (Å²) in [6.07, 6.45) is 1.29. The number of carbonyl (C=O) groups is 2. The quantitative estimate of drug-likeness (QED) is 0.366. The predicted molar refractivity (Wildman–Crippen MR) is 98.0 cm³/mol. The number of imide groups is 1. The summed E-state index contributed by atoms with van der Waals surface area (Å²) in [5.41, 5.74) is 0.814. The molecule has 0 radical (unpaired) electrons. The van der Waals surface area contributed by atoms with Crippen LogP contribution in [0.2, 0.25) is 0 Å². The Hall–Kier alpha value is -3.59. The molecular formula is C18H10N2O6S. The highest BCUT2D eigenvalue weighted by Gasteiger charge is 2.38. The van der Waals surface area contributed by atoms with E-state index in [1.54, 1.807) is 12.1 Å². The fourth-order valence-corrected chi connectivity index (χ4v) is 3.32. The van der Waals surface area contributed by atoms with E-state index in [0.717, 1.165) is 10.5 Å². The summed E-state index contributed by atoms with van der Waals surface area (Å²) < 4.78 is 10.7. The van der Waals surface area contributed by atoms with E-state index in [1.165, 1.54) is 18.2 Å². The van der Waals surface area contributed by atoms with Crippen LogP contribution in [0.25, 0.3) is 17.4 Å². The van der Waals surface area contributed by atoms with Crippen molar-refractivity contribution in [3.05, 3.63) is 75.4 Å². The second-order valence-corrected chi connectivity index (χ2v) is 6.45. The molecule has 2 amide bonds.